The minimum atomic E-state index is 0.177. The molecular weight excluding hydrogens is 809 g/mol. The fourth-order valence-electron chi connectivity index (χ4n) is 15.5. The predicted octanol–water partition coefficient (Wildman–Crippen LogP) is 18.3. The third kappa shape index (κ3) is 5.61. The monoisotopic (exact) mass is 862 g/mol. The first-order chi connectivity index (χ1) is 33.2. The van der Waals surface area contributed by atoms with Crippen molar-refractivity contribution >= 4 is 43.5 Å². The molecule has 0 atom stereocenters. The maximum atomic E-state index is 6.81. The molecule has 0 amide bonds. The summed E-state index contributed by atoms with van der Waals surface area (Å²) in [7, 11) is 0. The van der Waals surface area contributed by atoms with Crippen molar-refractivity contribution in [2.45, 2.75) is 75.5 Å². The number of hydrogen-bond acceptors (Lipinski definition) is 1. The molecule has 5 saturated carbocycles. The van der Waals surface area contributed by atoms with Crippen LogP contribution in [0.4, 0.5) is 0 Å². The van der Waals surface area contributed by atoms with Crippen LogP contribution in [0, 0.1) is 23.7 Å². The SMILES string of the molecule is c1ccc(-c2c3ccccc3c(-c3ccc4c(c3)oc3cc(-c5ccc(-c6cccc7c6-c6ccc(C8CCCCC8)cc6C76C7CC8CC(C7)CC6C8)cc5)ccc34)c3ccccc23)cc1. The summed E-state index contributed by atoms with van der Waals surface area (Å²) in [6.07, 6.45) is 14.1. The summed E-state index contributed by atoms with van der Waals surface area (Å²) in [5, 5.41) is 7.33. The molecule has 0 saturated heterocycles. The zero-order valence-electron chi connectivity index (χ0n) is 38.1. The van der Waals surface area contributed by atoms with Crippen LogP contribution in [0.15, 0.2) is 180 Å². The van der Waals surface area contributed by atoms with Crippen LogP contribution in [0.1, 0.15) is 86.8 Å². The standard InChI is InChI=1S/C66H54O/c1-3-12-42(13-4-1)46-27-31-58-60(37-46)66(49-33-40-32-41(35-49)36-50(66)34-40)59-21-11-20-51(65(58)59)44-24-22-43(23-25-44)47-26-29-52-53-30-28-48(39-62(53)67-61(52)38-47)64-56-18-9-7-16-54(56)63(45-14-5-2-6-15-45)55-17-8-10-19-57(55)64/h2,5-11,14-31,37-42,49-50H,1,3-4,12-13,32-36H2. The van der Waals surface area contributed by atoms with Gasteiger partial charge in [-0.3, -0.25) is 0 Å². The molecule has 0 N–H and O–H groups in total. The van der Waals surface area contributed by atoms with Gasteiger partial charge < -0.3 is 4.42 Å². The summed E-state index contributed by atoms with van der Waals surface area (Å²) in [4.78, 5) is 0. The number of hydrogen-bond donors (Lipinski definition) is 0. The van der Waals surface area contributed by atoms with Crippen LogP contribution in [-0.2, 0) is 5.41 Å². The quantitative estimate of drug-likeness (QED) is 0.157. The summed E-state index contributed by atoms with van der Waals surface area (Å²) in [5.41, 5.74) is 20.1. The summed E-state index contributed by atoms with van der Waals surface area (Å²) in [5.74, 6) is 4.16. The van der Waals surface area contributed by atoms with Crippen molar-refractivity contribution in [1.82, 2.24) is 0 Å². The Hall–Kier alpha value is -6.70. The van der Waals surface area contributed by atoms with E-state index in [2.05, 4.69) is 176 Å². The summed E-state index contributed by atoms with van der Waals surface area (Å²) in [6, 6.07) is 66.9. The molecule has 1 nitrogen and oxygen atoms in total. The van der Waals surface area contributed by atoms with Crippen molar-refractivity contribution < 1.29 is 4.42 Å². The molecule has 0 unspecified atom stereocenters. The van der Waals surface area contributed by atoms with Gasteiger partial charge in [-0.1, -0.05) is 171 Å². The number of furan rings is 1. The molecule has 1 heteroatoms. The van der Waals surface area contributed by atoms with Gasteiger partial charge in [0.1, 0.15) is 11.2 Å². The molecule has 6 aliphatic carbocycles. The molecule has 9 aromatic carbocycles. The first-order valence-corrected chi connectivity index (χ1v) is 25.5. The van der Waals surface area contributed by atoms with Crippen LogP contribution in [0.2, 0.25) is 0 Å². The van der Waals surface area contributed by atoms with E-state index in [4.69, 9.17) is 4.42 Å². The minimum Gasteiger partial charge on any atom is -0.456 e. The summed E-state index contributed by atoms with van der Waals surface area (Å²) in [6.45, 7) is 0. The van der Waals surface area contributed by atoms with Gasteiger partial charge in [0.05, 0.1) is 0 Å². The maximum absolute atomic E-state index is 6.81. The van der Waals surface area contributed by atoms with Crippen LogP contribution in [0.3, 0.4) is 0 Å². The van der Waals surface area contributed by atoms with Crippen LogP contribution in [0.25, 0.3) is 99.1 Å². The Bertz CT molecular complexity index is 3530. The van der Waals surface area contributed by atoms with E-state index < -0.39 is 0 Å². The number of fused-ring (bicyclic) bond motifs is 8. The molecule has 16 rings (SSSR count). The molecule has 1 aromatic heterocycles. The van der Waals surface area contributed by atoms with Gasteiger partial charge in [-0.05, 0) is 193 Å². The maximum Gasteiger partial charge on any atom is 0.136 e. The van der Waals surface area contributed by atoms with Crippen molar-refractivity contribution in [2.24, 2.45) is 23.7 Å². The van der Waals surface area contributed by atoms with Crippen LogP contribution >= 0.6 is 0 Å². The molecule has 1 heterocycles. The molecular formula is C66H54O. The molecule has 0 radical (unpaired) electrons. The predicted molar refractivity (Wildman–Crippen MR) is 280 cm³/mol. The molecule has 10 aromatic rings. The van der Waals surface area contributed by atoms with E-state index in [-0.39, 0.29) is 5.41 Å². The first-order valence-electron chi connectivity index (χ1n) is 25.5. The van der Waals surface area contributed by atoms with Gasteiger partial charge in [-0.25, -0.2) is 0 Å². The zero-order valence-corrected chi connectivity index (χ0v) is 38.1. The molecule has 5 fully saturated rings. The Labute approximate surface area is 393 Å². The van der Waals surface area contributed by atoms with Crippen LogP contribution in [0.5, 0.6) is 0 Å². The van der Waals surface area contributed by atoms with Gasteiger partial charge in [0.25, 0.3) is 0 Å². The van der Waals surface area contributed by atoms with Gasteiger partial charge >= 0.3 is 0 Å². The summed E-state index contributed by atoms with van der Waals surface area (Å²) < 4.78 is 6.81. The Balaban J connectivity index is 0.802. The van der Waals surface area contributed by atoms with E-state index >= 15 is 0 Å². The Morgan fingerprint density at radius 2 is 0.925 bits per heavy atom. The molecule has 6 aliphatic rings. The second-order valence-electron chi connectivity index (χ2n) is 21.3. The van der Waals surface area contributed by atoms with E-state index in [0.717, 1.165) is 51.5 Å². The highest BCUT2D eigenvalue weighted by molar-refractivity contribution is 6.22. The van der Waals surface area contributed by atoms with Gasteiger partial charge in [0.2, 0.25) is 0 Å². The second kappa shape index (κ2) is 14.6. The number of benzene rings is 9. The molecule has 4 bridgehead atoms. The Kier molecular flexibility index (Phi) is 8.40. The summed E-state index contributed by atoms with van der Waals surface area (Å²) >= 11 is 0. The van der Waals surface area contributed by atoms with Crippen LogP contribution < -0.4 is 0 Å². The van der Waals surface area contributed by atoms with Gasteiger partial charge in [-0.2, -0.15) is 0 Å². The minimum absolute atomic E-state index is 0.177. The fraction of sp³-hybridized carbons (Fsp3) is 0.242. The average Bonchev–Trinajstić information content (AvgIpc) is 3.90. The third-order valence-corrected chi connectivity index (χ3v) is 18.1. The van der Waals surface area contributed by atoms with Gasteiger partial charge in [0, 0.05) is 16.2 Å². The van der Waals surface area contributed by atoms with Crippen LogP contribution in [-0.4, -0.2) is 0 Å². The smallest absolute Gasteiger partial charge is 0.136 e. The van der Waals surface area contributed by atoms with E-state index in [1.807, 2.05) is 0 Å². The fourth-order valence-corrected chi connectivity index (χ4v) is 15.5. The Morgan fingerprint density at radius 1 is 0.358 bits per heavy atom. The highest BCUT2D eigenvalue weighted by Crippen LogP contribution is 2.70. The van der Waals surface area contributed by atoms with E-state index in [9.17, 15) is 0 Å². The lowest BCUT2D eigenvalue weighted by molar-refractivity contribution is -0.0399. The Morgan fingerprint density at radius 3 is 1.58 bits per heavy atom. The topological polar surface area (TPSA) is 13.1 Å². The average molecular weight is 863 g/mol. The van der Waals surface area contributed by atoms with Gasteiger partial charge in [-0.15, -0.1) is 0 Å². The normalized spacial score (nSPS) is 22.9. The van der Waals surface area contributed by atoms with Gasteiger partial charge in [0.15, 0.2) is 0 Å². The highest BCUT2D eigenvalue weighted by Gasteiger charge is 2.62. The van der Waals surface area contributed by atoms with Crippen molar-refractivity contribution in [3.63, 3.8) is 0 Å². The van der Waals surface area contributed by atoms with Crippen molar-refractivity contribution in [1.29, 1.82) is 0 Å². The molecule has 0 aliphatic heterocycles. The van der Waals surface area contributed by atoms with E-state index in [1.165, 1.54) is 141 Å². The van der Waals surface area contributed by atoms with Crippen molar-refractivity contribution in [3.8, 4) is 55.6 Å². The zero-order chi connectivity index (χ0) is 43.8. The lowest BCUT2D eigenvalue weighted by atomic mass is 9.43. The van der Waals surface area contributed by atoms with E-state index in [0.29, 0.717) is 0 Å². The highest BCUT2D eigenvalue weighted by atomic mass is 16.3. The molecule has 324 valence electrons. The lowest BCUT2D eigenvalue weighted by Gasteiger charge is -2.61. The molecule has 67 heavy (non-hydrogen) atoms. The first kappa shape index (κ1) is 38.4. The third-order valence-electron chi connectivity index (χ3n) is 18.1. The van der Waals surface area contributed by atoms with Crippen molar-refractivity contribution in [3.05, 3.63) is 193 Å². The van der Waals surface area contributed by atoms with Crippen molar-refractivity contribution in [2.75, 3.05) is 0 Å². The largest absolute Gasteiger partial charge is 0.456 e. The molecule has 1 spiro atoms. The number of rotatable bonds is 5. The second-order valence-corrected chi connectivity index (χ2v) is 21.3. The lowest BCUT2D eigenvalue weighted by Crippen LogP contribution is -2.55. The van der Waals surface area contributed by atoms with E-state index in [1.54, 1.807) is 16.7 Å².